The second-order valence-corrected chi connectivity index (χ2v) is 5.04. The van der Waals surface area contributed by atoms with Crippen LogP contribution in [0.3, 0.4) is 0 Å². The van der Waals surface area contributed by atoms with Crippen LogP contribution in [-0.4, -0.2) is 41.0 Å². The van der Waals surface area contributed by atoms with Crippen molar-refractivity contribution in [1.82, 2.24) is 4.90 Å². The van der Waals surface area contributed by atoms with Gasteiger partial charge < -0.3 is 10.0 Å². The molecule has 0 aromatic heterocycles. The lowest BCUT2D eigenvalue weighted by Gasteiger charge is -2.36. The van der Waals surface area contributed by atoms with Crippen LogP contribution in [0.1, 0.15) is 25.7 Å². The first kappa shape index (κ1) is 11.2. The lowest BCUT2D eigenvalue weighted by atomic mass is 9.90. The van der Waals surface area contributed by atoms with E-state index in [0.717, 1.165) is 12.3 Å². The van der Waals surface area contributed by atoms with Crippen LogP contribution in [0.15, 0.2) is 0 Å². The van der Waals surface area contributed by atoms with Gasteiger partial charge in [-0.05, 0) is 18.8 Å². The lowest BCUT2D eigenvalue weighted by Crippen LogP contribution is -2.46. The van der Waals surface area contributed by atoms with Gasteiger partial charge in [0.1, 0.15) is 5.88 Å². The molecule has 0 aromatic carbocycles. The van der Waals surface area contributed by atoms with E-state index in [0.29, 0.717) is 19.5 Å². The molecule has 3 nitrogen and oxygen atoms in total. The van der Waals surface area contributed by atoms with Gasteiger partial charge >= 0.3 is 0 Å². The number of carbonyl (C=O) groups excluding carboxylic acids is 1. The van der Waals surface area contributed by atoms with Gasteiger partial charge in [0.15, 0.2) is 0 Å². The minimum Gasteiger partial charge on any atom is -0.393 e. The molecule has 0 bridgehead atoms. The molecule has 1 saturated heterocycles. The third-order valence-electron chi connectivity index (χ3n) is 3.49. The summed E-state index contributed by atoms with van der Waals surface area (Å²) in [6, 6.07) is 0. The molecule has 1 aliphatic carbocycles. The second kappa shape index (κ2) is 4.71. The highest BCUT2D eigenvalue weighted by Gasteiger charge is 2.34. The van der Waals surface area contributed by atoms with Crippen LogP contribution in [-0.2, 0) is 4.79 Å². The van der Waals surface area contributed by atoms with Crippen LogP contribution >= 0.6 is 11.6 Å². The van der Waals surface area contributed by atoms with Crippen LogP contribution in [0.5, 0.6) is 0 Å². The van der Waals surface area contributed by atoms with Crippen molar-refractivity contribution < 1.29 is 9.90 Å². The summed E-state index contributed by atoms with van der Waals surface area (Å²) in [7, 11) is 0. The summed E-state index contributed by atoms with van der Waals surface area (Å²) in [6.07, 6.45) is 4.16. The number of nitrogens with zero attached hydrogens (tertiary/aromatic N) is 1. The Kier molecular flexibility index (Phi) is 3.52. The van der Waals surface area contributed by atoms with Crippen molar-refractivity contribution in [1.29, 1.82) is 0 Å². The molecule has 1 heterocycles. The zero-order valence-corrected chi connectivity index (χ0v) is 9.62. The van der Waals surface area contributed by atoms with Crippen LogP contribution in [0.2, 0.25) is 0 Å². The molecule has 0 aromatic rings. The van der Waals surface area contributed by atoms with Crippen molar-refractivity contribution in [2.24, 2.45) is 11.8 Å². The molecule has 0 spiro atoms. The summed E-state index contributed by atoms with van der Waals surface area (Å²) in [6.45, 7) is 1.36. The third-order valence-corrected chi connectivity index (χ3v) is 3.72. The highest BCUT2D eigenvalue weighted by molar-refractivity contribution is 6.27. The Bertz CT molecular complexity index is 243. The number of likely N-dealkylation sites (tertiary alicyclic amines) is 1. The maximum atomic E-state index is 11.4. The molecule has 2 fully saturated rings. The van der Waals surface area contributed by atoms with E-state index >= 15 is 0 Å². The first-order chi connectivity index (χ1) is 7.20. The smallest absolute Gasteiger partial charge is 0.237 e. The normalized spacial score (nSPS) is 31.7. The molecule has 4 heteroatoms. The van der Waals surface area contributed by atoms with Gasteiger partial charge in [-0.15, -0.1) is 11.6 Å². The van der Waals surface area contributed by atoms with Crippen LogP contribution in [0, 0.1) is 11.8 Å². The Labute approximate surface area is 95.4 Å². The predicted molar refractivity (Wildman–Crippen MR) is 58.8 cm³/mol. The molecule has 86 valence electrons. The monoisotopic (exact) mass is 231 g/mol. The molecule has 1 saturated carbocycles. The Morgan fingerprint density at radius 3 is 2.73 bits per heavy atom. The molecular weight excluding hydrogens is 214 g/mol. The number of rotatable bonds is 3. The van der Waals surface area contributed by atoms with Gasteiger partial charge in [0.25, 0.3) is 0 Å². The molecular formula is C11H18ClNO2. The molecule has 2 aliphatic rings. The van der Waals surface area contributed by atoms with Gasteiger partial charge in [-0.25, -0.2) is 0 Å². The topological polar surface area (TPSA) is 40.5 Å². The zero-order chi connectivity index (χ0) is 10.8. The summed E-state index contributed by atoms with van der Waals surface area (Å²) in [5.41, 5.74) is 0. The van der Waals surface area contributed by atoms with Crippen LogP contribution < -0.4 is 0 Å². The summed E-state index contributed by atoms with van der Waals surface area (Å²) in [5, 5.41) is 9.85. The SMILES string of the molecule is O=C(CCl)N1CC[C@@H](O)[C@@H](CC2CC2)C1. The van der Waals surface area contributed by atoms with Crippen molar-refractivity contribution in [3.05, 3.63) is 0 Å². The van der Waals surface area contributed by atoms with E-state index in [1.807, 2.05) is 0 Å². The van der Waals surface area contributed by atoms with Gasteiger partial charge in [-0.2, -0.15) is 0 Å². The molecule has 2 rings (SSSR count). The predicted octanol–water partition coefficient (Wildman–Crippen LogP) is 1.23. The Hall–Kier alpha value is -0.280. The van der Waals surface area contributed by atoms with E-state index in [1.54, 1.807) is 4.90 Å². The lowest BCUT2D eigenvalue weighted by molar-refractivity contribution is -0.132. The average Bonchev–Trinajstić information content (AvgIpc) is 3.04. The van der Waals surface area contributed by atoms with Crippen LogP contribution in [0.4, 0.5) is 0 Å². The highest BCUT2D eigenvalue weighted by Crippen LogP contribution is 2.37. The molecule has 0 radical (unpaired) electrons. The fourth-order valence-electron chi connectivity index (χ4n) is 2.34. The Morgan fingerprint density at radius 2 is 2.13 bits per heavy atom. The summed E-state index contributed by atoms with van der Waals surface area (Å²) >= 11 is 5.53. The molecule has 1 aliphatic heterocycles. The van der Waals surface area contributed by atoms with Gasteiger partial charge in [0, 0.05) is 19.0 Å². The van der Waals surface area contributed by atoms with E-state index in [2.05, 4.69) is 0 Å². The van der Waals surface area contributed by atoms with Crippen LogP contribution in [0.25, 0.3) is 0 Å². The number of halogens is 1. The van der Waals surface area contributed by atoms with E-state index in [9.17, 15) is 9.90 Å². The number of alkyl halides is 1. The summed E-state index contributed by atoms with van der Waals surface area (Å²) in [5.74, 6) is 1.14. The second-order valence-electron chi connectivity index (χ2n) is 4.77. The first-order valence-corrected chi connectivity index (χ1v) is 6.26. The minimum absolute atomic E-state index is 0.00404. The van der Waals surface area contributed by atoms with Crippen molar-refractivity contribution in [2.75, 3.05) is 19.0 Å². The number of hydrogen-bond acceptors (Lipinski definition) is 2. The third kappa shape index (κ3) is 2.85. The summed E-state index contributed by atoms with van der Waals surface area (Å²) in [4.78, 5) is 13.2. The van der Waals surface area contributed by atoms with Gasteiger partial charge in [0.2, 0.25) is 5.91 Å². The van der Waals surface area contributed by atoms with E-state index in [4.69, 9.17) is 11.6 Å². The standard InChI is InChI=1S/C11H18ClNO2/c12-6-11(15)13-4-3-10(14)9(7-13)5-8-1-2-8/h8-10,14H,1-7H2/t9-,10+/m0/s1. The Balaban J connectivity index is 1.87. The minimum atomic E-state index is -0.218. The van der Waals surface area contributed by atoms with E-state index < -0.39 is 0 Å². The fourth-order valence-corrected chi connectivity index (χ4v) is 2.51. The quantitative estimate of drug-likeness (QED) is 0.743. The molecule has 1 amide bonds. The number of carbonyl (C=O) groups is 1. The number of aliphatic hydroxyl groups is 1. The largest absolute Gasteiger partial charge is 0.393 e. The molecule has 1 N–H and O–H groups in total. The van der Waals surface area contributed by atoms with Crippen molar-refractivity contribution in [3.8, 4) is 0 Å². The highest BCUT2D eigenvalue weighted by atomic mass is 35.5. The van der Waals surface area contributed by atoms with E-state index in [-0.39, 0.29) is 23.8 Å². The number of amides is 1. The first-order valence-electron chi connectivity index (χ1n) is 5.72. The number of hydrogen-bond donors (Lipinski definition) is 1. The maximum absolute atomic E-state index is 11.4. The number of piperidine rings is 1. The molecule has 2 atom stereocenters. The summed E-state index contributed by atoms with van der Waals surface area (Å²) < 4.78 is 0. The van der Waals surface area contributed by atoms with Crippen molar-refractivity contribution >= 4 is 17.5 Å². The fraction of sp³-hybridized carbons (Fsp3) is 0.909. The molecule has 15 heavy (non-hydrogen) atoms. The van der Waals surface area contributed by atoms with Gasteiger partial charge in [0.05, 0.1) is 6.10 Å². The average molecular weight is 232 g/mol. The Morgan fingerprint density at radius 1 is 1.40 bits per heavy atom. The zero-order valence-electron chi connectivity index (χ0n) is 8.86. The van der Waals surface area contributed by atoms with Gasteiger partial charge in [-0.1, -0.05) is 12.8 Å². The maximum Gasteiger partial charge on any atom is 0.237 e. The van der Waals surface area contributed by atoms with Crippen molar-refractivity contribution in [2.45, 2.75) is 31.8 Å². The van der Waals surface area contributed by atoms with Gasteiger partial charge in [-0.3, -0.25) is 4.79 Å². The molecule has 0 unspecified atom stereocenters. The van der Waals surface area contributed by atoms with Crippen molar-refractivity contribution in [3.63, 3.8) is 0 Å². The number of aliphatic hydroxyl groups excluding tert-OH is 1. The van der Waals surface area contributed by atoms with E-state index in [1.165, 1.54) is 12.8 Å².